The van der Waals surface area contributed by atoms with Crippen molar-refractivity contribution in [2.45, 2.75) is 76.4 Å². The Bertz CT molecular complexity index is 371. The number of likely N-dealkylation sites (tertiary alicyclic amines) is 1. The zero-order valence-corrected chi connectivity index (χ0v) is 14.4. The number of fused-ring (bicyclic) bond motifs is 2. The zero-order chi connectivity index (χ0) is 15.1. The van der Waals surface area contributed by atoms with Crippen molar-refractivity contribution in [3.63, 3.8) is 0 Å². The van der Waals surface area contributed by atoms with Gasteiger partial charge in [-0.15, -0.1) is 0 Å². The van der Waals surface area contributed by atoms with Gasteiger partial charge in [-0.1, -0.05) is 19.8 Å². The molecule has 0 aromatic carbocycles. The highest BCUT2D eigenvalue weighted by Crippen LogP contribution is 2.45. The van der Waals surface area contributed by atoms with Gasteiger partial charge in [0.25, 0.3) is 0 Å². The van der Waals surface area contributed by atoms with Gasteiger partial charge in [0.15, 0.2) is 0 Å². The minimum Gasteiger partial charge on any atom is -0.327 e. The second-order valence-electron chi connectivity index (χ2n) is 8.53. The molecule has 2 bridgehead atoms. The van der Waals surface area contributed by atoms with Gasteiger partial charge in [-0.05, 0) is 75.9 Å². The van der Waals surface area contributed by atoms with E-state index in [4.69, 9.17) is 5.73 Å². The second-order valence-corrected chi connectivity index (χ2v) is 8.53. The Morgan fingerprint density at radius 2 is 1.82 bits per heavy atom. The third-order valence-electron chi connectivity index (χ3n) is 7.38. The molecule has 4 unspecified atom stereocenters. The van der Waals surface area contributed by atoms with Crippen LogP contribution in [0.5, 0.6) is 0 Å². The Kier molecular flexibility index (Phi) is 4.49. The molecular weight excluding hydrogens is 270 g/mol. The van der Waals surface area contributed by atoms with Crippen LogP contribution in [0.4, 0.5) is 0 Å². The largest absolute Gasteiger partial charge is 0.327 e. The van der Waals surface area contributed by atoms with Crippen molar-refractivity contribution >= 4 is 0 Å². The maximum atomic E-state index is 6.69. The fourth-order valence-electron chi connectivity index (χ4n) is 6.29. The van der Waals surface area contributed by atoms with Gasteiger partial charge in [-0.25, -0.2) is 0 Å². The summed E-state index contributed by atoms with van der Waals surface area (Å²) in [6, 6.07) is 2.04. The summed E-state index contributed by atoms with van der Waals surface area (Å²) >= 11 is 0. The van der Waals surface area contributed by atoms with Gasteiger partial charge < -0.3 is 5.73 Å². The van der Waals surface area contributed by atoms with Gasteiger partial charge in [0.1, 0.15) is 0 Å². The lowest BCUT2D eigenvalue weighted by atomic mass is 9.73. The first-order chi connectivity index (χ1) is 10.8. The fraction of sp³-hybridized carbons (Fsp3) is 1.00. The van der Waals surface area contributed by atoms with E-state index in [0.717, 1.165) is 29.8 Å². The molecule has 3 heteroatoms. The van der Waals surface area contributed by atoms with Gasteiger partial charge in [-0.2, -0.15) is 0 Å². The Hall–Kier alpha value is -0.120. The van der Waals surface area contributed by atoms with Crippen molar-refractivity contribution in [2.24, 2.45) is 23.5 Å². The van der Waals surface area contributed by atoms with E-state index < -0.39 is 0 Å². The zero-order valence-electron chi connectivity index (χ0n) is 14.4. The Morgan fingerprint density at radius 3 is 2.50 bits per heavy atom. The minimum absolute atomic E-state index is 0.451. The Morgan fingerprint density at radius 1 is 1.09 bits per heavy atom. The molecule has 4 heterocycles. The molecule has 4 aliphatic heterocycles. The number of rotatable bonds is 5. The van der Waals surface area contributed by atoms with Gasteiger partial charge in [0, 0.05) is 24.7 Å². The van der Waals surface area contributed by atoms with Crippen molar-refractivity contribution in [1.82, 2.24) is 9.80 Å². The summed E-state index contributed by atoms with van der Waals surface area (Å²) in [5, 5.41) is 0. The predicted octanol–water partition coefficient (Wildman–Crippen LogP) is 2.70. The molecule has 5 fully saturated rings. The summed E-state index contributed by atoms with van der Waals surface area (Å²) < 4.78 is 0. The first-order valence-electron chi connectivity index (χ1n) is 10.0. The van der Waals surface area contributed by atoms with Crippen LogP contribution in [0.3, 0.4) is 0 Å². The standard InChI is InChI=1S/C19H35N3/c1-2-9-22-13-16-14-7-10-21(11-8-14)19(16)18(22)12-17(20)15-5-3-4-6-15/h14-19H,2-13,20H2,1H3. The average Bonchev–Trinajstić information content (AvgIpc) is 3.18. The van der Waals surface area contributed by atoms with Crippen molar-refractivity contribution in [2.75, 3.05) is 26.2 Å². The number of piperidine rings is 3. The van der Waals surface area contributed by atoms with Gasteiger partial charge >= 0.3 is 0 Å². The smallest absolute Gasteiger partial charge is 0.0295 e. The molecule has 4 saturated heterocycles. The third kappa shape index (κ3) is 2.63. The van der Waals surface area contributed by atoms with Crippen molar-refractivity contribution in [1.29, 1.82) is 0 Å². The molecule has 0 amide bonds. The topological polar surface area (TPSA) is 32.5 Å². The predicted molar refractivity (Wildman–Crippen MR) is 91.8 cm³/mol. The maximum Gasteiger partial charge on any atom is 0.0295 e. The number of hydrogen-bond donors (Lipinski definition) is 1. The molecule has 5 rings (SSSR count). The first-order valence-corrected chi connectivity index (χ1v) is 10.0. The summed E-state index contributed by atoms with van der Waals surface area (Å²) in [4.78, 5) is 5.67. The highest BCUT2D eigenvalue weighted by Gasteiger charge is 2.52. The molecule has 0 spiro atoms. The first kappa shape index (κ1) is 15.4. The van der Waals surface area contributed by atoms with Crippen LogP contribution in [-0.4, -0.2) is 54.1 Å². The number of hydrogen-bond acceptors (Lipinski definition) is 3. The van der Waals surface area contributed by atoms with E-state index in [1.807, 2.05) is 0 Å². The molecule has 0 aromatic heterocycles. The lowest BCUT2D eigenvalue weighted by Gasteiger charge is -2.50. The highest BCUT2D eigenvalue weighted by molar-refractivity contribution is 5.07. The molecule has 126 valence electrons. The van der Waals surface area contributed by atoms with E-state index in [1.54, 1.807) is 0 Å². The molecular formula is C19H35N3. The third-order valence-corrected chi connectivity index (χ3v) is 7.38. The van der Waals surface area contributed by atoms with E-state index in [0.29, 0.717) is 6.04 Å². The van der Waals surface area contributed by atoms with Crippen LogP contribution in [0.1, 0.15) is 58.3 Å². The van der Waals surface area contributed by atoms with Gasteiger partial charge in [0.2, 0.25) is 0 Å². The maximum absolute atomic E-state index is 6.69. The quantitative estimate of drug-likeness (QED) is 0.847. The van der Waals surface area contributed by atoms with Crippen LogP contribution in [0.2, 0.25) is 0 Å². The molecule has 3 nitrogen and oxygen atoms in total. The second kappa shape index (κ2) is 6.41. The van der Waals surface area contributed by atoms with Gasteiger partial charge in [0.05, 0.1) is 0 Å². The monoisotopic (exact) mass is 305 g/mol. The Labute approximate surface area is 136 Å². The summed E-state index contributed by atoms with van der Waals surface area (Å²) in [5.41, 5.74) is 6.69. The fourth-order valence-corrected chi connectivity index (χ4v) is 6.29. The van der Waals surface area contributed by atoms with Crippen LogP contribution >= 0.6 is 0 Å². The molecule has 0 aromatic rings. The molecule has 1 saturated carbocycles. The van der Waals surface area contributed by atoms with E-state index >= 15 is 0 Å². The van der Waals surface area contributed by atoms with Crippen molar-refractivity contribution in [3.8, 4) is 0 Å². The molecule has 5 aliphatic rings. The summed E-state index contributed by atoms with van der Waals surface area (Å²) in [5.74, 6) is 2.79. The van der Waals surface area contributed by atoms with E-state index in [2.05, 4.69) is 16.7 Å². The molecule has 4 atom stereocenters. The molecule has 2 N–H and O–H groups in total. The Balaban J connectivity index is 1.49. The van der Waals surface area contributed by atoms with Crippen molar-refractivity contribution < 1.29 is 0 Å². The normalized spacial score (nSPS) is 43.6. The number of nitrogens with two attached hydrogens (primary N) is 1. The summed E-state index contributed by atoms with van der Waals surface area (Å²) in [6.07, 6.45) is 11.1. The summed E-state index contributed by atoms with van der Waals surface area (Å²) in [6.45, 7) is 7.71. The summed E-state index contributed by atoms with van der Waals surface area (Å²) in [7, 11) is 0. The molecule has 0 radical (unpaired) electrons. The number of nitrogens with zero attached hydrogens (tertiary/aromatic N) is 2. The highest BCUT2D eigenvalue weighted by atomic mass is 15.3. The van der Waals surface area contributed by atoms with Crippen LogP contribution in [0.25, 0.3) is 0 Å². The van der Waals surface area contributed by atoms with Crippen LogP contribution in [0.15, 0.2) is 0 Å². The van der Waals surface area contributed by atoms with Crippen LogP contribution in [-0.2, 0) is 0 Å². The SMILES string of the molecule is CCCN1CC2C3CCN(CC3)C2C1CC(N)C1CCCC1. The lowest BCUT2D eigenvalue weighted by Crippen LogP contribution is -2.58. The van der Waals surface area contributed by atoms with Crippen LogP contribution < -0.4 is 5.73 Å². The van der Waals surface area contributed by atoms with E-state index in [1.165, 1.54) is 77.5 Å². The van der Waals surface area contributed by atoms with E-state index in [9.17, 15) is 0 Å². The van der Waals surface area contributed by atoms with E-state index in [-0.39, 0.29) is 0 Å². The lowest BCUT2D eigenvalue weighted by molar-refractivity contribution is 0.000581. The molecule has 1 aliphatic carbocycles. The minimum atomic E-state index is 0.451. The average molecular weight is 306 g/mol. The molecule has 22 heavy (non-hydrogen) atoms. The van der Waals surface area contributed by atoms with Crippen molar-refractivity contribution in [3.05, 3.63) is 0 Å². The van der Waals surface area contributed by atoms with Crippen LogP contribution in [0, 0.1) is 17.8 Å². The van der Waals surface area contributed by atoms with Gasteiger partial charge in [-0.3, -0.25) is 9.80 Å².